The van der Waals surface area contributed by atoms with E-state index < -0.39 is 5.97 Å². The molecule has 1 N–H and O–H groups in total. The summed E-state index contributed by atoms with van der Waals surface area (Å²) in [6, 6.07) is 2.11. The van der Waals surface area contributed by atoms with Crippen molar-refractivity contribution < 1.29 is 14.3 Å². The van der Waals surface area contributed by atoms with Crippen LogP contribution in [0.4, 0.5) is 0 Å². The van der Waals surface area contributed by atoms with E-state index in [-0.39, 0.29) is 5.69 Å². The van der Waals surface area contributed by atoms with Gasteiger partial charge in [0.15, 0.2) is 5.69 Å². The van der Waals surface area contributed by atoms with Gasteiger partial charge in [0.25, 0.3) is 0 Å². The Morgan fingerprint density at radius 2 is 2.16 bits per heavy atom. The van der Waals surface area contributed by atoms with E-state index in [0.29, 0.717) is 11.7 Å². The van der Waals surface area contributed by atoms with Gasteiger partial charge in [0, 0.05) is 4.88 Å². The lowest BCUT2D eigenvalue weighted by Gasteiger charge is -1.92. The van der Waals surface area contributed by atoms with Gasteiger partial charge in [-0.25, -0.2) is 9.78 Å². The van der Waals surface area contributed by atoms with Crippen LogP contribution in [0.5, 0.6) is 0 Å². The number of aromatic carboxylic acids is 1. The molecule has 1 aliphatic carbocycles. The minimum Gasteiger partial charge on any atom is -0.476 e. The zero-order valence-corrected chi connectivity index (χ0v) is 11.5. The van der Waals surface area contributed by atoms with Crippen LogP contribution in [0.1, 0.15) is 46.0 Å². The lowest BCUT2D eigenvalue weighted by atomic mass is 10.1. The van der Waals surface area contributed by atoms with Gasteiger partial charge in [0.1, 0.15) is 5.76 Å². The van der Waals surface area contributed by atoms with Crippen molar-refractivity contribution in [1.82, 2.24) is 4.98 Å². The summed E-state index contributed by atoms with van der Waals surface area (Å²) < 4.78 is 5.49. The van der Waals surface area contributed by atoms with E-state index >= 15 is 0 Å². The van der Waals surface area contributed by atoms with Gasteiger partial charge in [0.05, 0.1) is 4.88 Å². The van der Waals surface area contributed by atoms with E-state index in [1.54, 1.807) is 18.3 Å². The standard InChI is InChI=1S/C14H15NO3S/c1-8-12(14(16)17)15-13(18-8)11-7-9-5-3-2-4-6-10(9)19-11/h7H,2-6H2,1H3,(H,16,17). The average molecular weight is 277 g/mol. The number of aromatic nitrogens is 1. The van der Waals surface area contributed by atoms with Crippen molar-refractivity contribution in [2.45, 2.75) is 39.0 Å². The van der Waals surface area contributed by atoms with Crippen LogP contribution in [-0.4, -0.2) is 16.1 Å². The lowest BCUT2D eigenvalue weighted by Crippen LogP contribution is -1.98. The van der Waals surface area contributed by atoms with Gasteiger partial charge in [-0.05, 0) is 44.2 Å². The average Bonchev–Trinajstić information content (AvgIpc) is 2.88. The SMILES string of the molecule is Cc1oc(-c2cc3c(s2)CCCCC3)nc1C(=O)O. The Morgan fingerprint density at radius 1 is 1.37 bits per heavy atom. The van der Waals surface area contributed by atoms with Gasteiger partial charge < -0.3 is 9.52 Å². The molecule has 0 saturated carbocycles. The topological polar surface area (TPSA) is 63.3 Å². The number of nitrogens with zero attached hydrogens (tertiary/aromatic N) is 1. The first-order valence-electron chi connectivity index (χ1n) is 6.48. The molecular formula is C14H15NO3S. The van der Waals surface area contributed by atoms with Crippen LogP contribution in [0.3, 0.4) is 0 Å². The van der Waals surface area contributed by atoms with Crippen LogP contribution in [-0.2, 0) is 12.8 Å². The minimum atomic E-state index is -1.04. The first-order valence-corrected chi connectivity index (χ1v) is 7.29. The van der Waals surface area contributed by atoms with Gasteiger partial charge >= 0.3 is 5.97 Å². The molecule has 0 amide bonds. The molecule has 0 saturated heterocycles. The van der Waals surface area contributed by atoms with E-state index in [4.69, 9.17) is 9.52 Å². The smallest absolute Gasteiger partial charge is 0.358 e. The number of carboxylic acids is 1. The van der Waals surface area contributed by atoms with Gasteiger partial charge in [-0.3, -0.25) is 0 Å². The summed E-state index contributed by atoms with van der Waals surface area (Å²) in [6.07, 6.45) is 5.98. The van der Waals surface area contributed by atoms with Gasteiger partial charge in [0.2, 0.25) is 5.89 Å². The Kier molecular flexibility index (Phi) is 3.14. The highest BCUT2D eigenvalue weighted by Crippen LogP contribution is 2.35. The van der Waals surface area contributed by atoms with Crippen LogP contribution in [0, 0.1) is 6.92 Å². The molecule has 0 aliphatic heterocycles. The van der Waals surface area contributed by atoms with Crippen LogP contribution < -0.4 is 0 Å². The summed E-state index contributed by atoms with van der Waals surface area (Å²) in [6.45, 7) is 1.64. The van der Waals surface area contributed by atoms with Gasteiger partial charge in [-0.15, -0.1) is 11.3 Å². The third-order valence-electron chi connectivity index (χ3n) is 3.46. The Bertz CT molecular complexity index is 603. The third-order valence-corrected chi connectivity index (χ3v) is 4.68. The van der Waals surface area contributed by atoms with E-state index in [9.17, 15) is 4.79 Å². The largest absolute Gasteiger partial charge is 0.476 e. The Hall–Kier alpha value is -1.62. The molecule has 0 aromatic carbocycles. The summed E-state index contributed by atoms with van der Waals surface area (Å²) in [7, 11) is 0. The van der Waals surface area contributed by atoms with Crippen molar-refractivity contribution >= 4 is 17.3 Å². The number of rotatable bonds is 2. The van der Waals surface area contributed by atoms with Crippen LogP contribution in [0.2, 0.25) is 0 Å². The summed E-state index contributed by atoms with van der Waals surface area (Å²) in [5.41, 5.74) is 1.39. The highest BCUT2D eigenvalue weighted by molar-refractivity contribution is 7.15. The summed E-state index contributed by atoms with van der Waals surface area (Å²) in [5.74, 6) is -0.232. The molecule has 0 fully saturated rings. The van der Waals surface area contributed by atoms with Crippen LogP contribution in [0.15, 0.2) is 10.5 Å². The first-order chi connectivity index (χ1) is 9.15. The van der Waals surface area contributed by atoms with Crippen molar-refractivity contribution in [3.8, 4) is 10.8 Å². The maximum absolute atomic E-state index is 11.0. The monoisotopic (exact) mass is 277 g/mol. The highest BCUT2D eigenvalue weighted by Gasteiger charge is 2.20. The Balaban J connectivity index is 1.98. The molecule has 2 heterocycles. The van der Waals surface area contributed by atoms with Crippen LogP contribution in [0.25, 0.3) is 10.8 Å². The summed E-state index contributed by atoms with van der Waals surface area (Å²) in [5, 5.41) is 9.01. The van der Waals surface area contributed by atoms with Gasteiger partial charge in [-0.1, -0.05) is 6.42 Å². The predicted molar refractivity (Wildman–Crippen MR) is 72.8 cm³/mol. The second-order valence-electron chi connectivity index (χ2n) is 4.85. The molecule has 5 heteroatoms. The fraction of sp³-hybridized carbons (Fsp3) is 0.429. The molecule has 0 unspecified atom stereocenters. The Morgan fingerprint density at radius 3 is 2.89 bits per heavy atom. The quantitative estimate of drug-likeness (QED) is 0.850. The molecule has 3 rings (SSSR count). The lowest BCUT2D eigenvalue weighted by molar-refractivity contribution is 0.0689. The number of thiophene rings is 1. The molecule has 4 nitrogen and oxygen atoms in total. The molecule has 0 bridgehead atoms. The normalized spacial score (nSPS) is 15.0. The molecule has 2 aromatic heterocycles. The van der Waals surface area contributed by atoms with Crippen molar-refractivity contribution in [1.29, 1.82) is 0 Å². The number of hydrogen-bond donors (Lipinski definition) is 1. The second-order valence-corrected chi connectivity index (χ2v) is 5.99. The highest BCUT2D eigenvalue weighted by atomic mass is 32.1. The maximum atomic E-state index is 11.0. The number of aryl methyl sites for hydroxylation is 3. The third kappa shape index (κ3) is 2.30. The Labute approximate surface area is 115 Å². The predicted octanol–water partition coefficient (Wildman–Crippen LogP) is 3.68. The maximum Gasteiger partial charge on any atom is 0.358 e. The molecule has 0 spiro atoms. The molecule has 2 aromatic rings. The number of hydrogen-bond acceptors (Lipinski definition) is 4. The number of fused-ring (bicyclic) bond motifs is 1. The van der Waals surface area contributed by atoms with Crippen LogP contribution >= 0.6 is 11.3 Å². The zero-order chi connectivity index (χ0) is 13.4. The van der Waals surface area contributed by atoms with Crippen molar-refractivity contribution in [3.63, 3.8) is 0 Å². The number of carbonyl (C=O) groups is 1. The van der Waals surface area contributed by atoms with Crippen molar-refractivity contribution in [2.24, 2.45) is 0 Å². The van der Waals surface area contributed by atoms with Gasteiger partial charge in [-0.2, -0.15) is 0 Å². The molecule has 0 atom stereocenters. The number of oxazole rings is 1. The number of carboxylic acid groups (broad SMARTS) is 1. The summed E-state index contributed by atoms with van der Waals surface area (Å²) >= 11 is 1.69. The molecule has 0 radical (unpaired) electrons. The van der Waals surface area contributed by atoms with Crippen molar-refractivity contribution in [3.05, 3.63) is 28.0 Å². The second kappa shape index (κ2) is 4.81. The van der Waals surface area contributed by atoms with Crippen molar-refractivity contribution in [2.75, 3.05) is 0 Å². The molecule has 100 valence electrons. The fourth-order valence-electron chi connectivity index (χ4n) is 2.47. The first kappa shape index (κ1) is 12.4. The van der Waals surface area contributed by atoms with E-state index in [0.717, 1.165) is 17.7 Å². The molecular weight excluding hydrogens is 262 g/mol. The molecule has 1 aliphatic rings. The zero-order valence-electron chi connectivity index (χ0n) is 10.7. The van der Waals surface area contributed by atoms with E-state index in [1.165, 1.54) is 29.7 Å². The summed E-state index contributed by atoms with van der Waals surface area (Å²) in [4.78, 5) is 17.4. The van der Waals surface area contributed by atoms with E-state index in [1.807, 2.05) is 0 Å². The van der Waals surface area contributed by atoms with E-state index in [2.05, 4.69) is 11.1 Å². The molecule has 19 heavy (non-hydrogen) atoms. The fourth-order valence-corrected chi connectivity index (χ4v) is 3.65. The minimum absolute atomic E-state index is 0.0126.